The monoisotopic (exact) mass is 218 g/mol. The zero-order chi connectivity index (χ0) is 11.8. The van der Waals surface area contributed by atoms with Crippen molar-refractivity contribution in [1.82, 2.24) is 10.8 Å². The molecule has 0 saturated heterocycles. The van der Waals surface area contributed by atoms with Crippen LogP contribution in [0.4, 0.5) is 0 Å². The molecule has 0 rings (SSSR count). The Labute approximate surface area is 86.7 Å². The van der Waals surface area contributed by atoms with E-state index in [0.29, 0.717) is 0 Å². The fraction of sp³-hybridized carbons (Fsp3) is 0.625. The Kier molecular flexibility index (Phi) is 6.03. The average molecular weight is 218 g/mol. The molecule has 0 aliphatic rings. The van der Waals surface area contributed by atoms with Gasteiger partial charge in [0.15, 0.2) is 0 Å². The van der Waals surface area contributed by atoms with Crippen LogP contribution in [0.1, 0.15) is 19.8 Å². The Bertz CT molecular complexity index is 253. The van der Waals surface area contributed by atoms with E-state index < -0.39 is 23.8 Å². The number of carbonyl (C=O) groups is 3. The number of hydrogen-bond acceptors (Lipinski definition) is 5. The summed E-state index contributed by atoms with van der Waals surface area (Å²) in [4.78, 5) is 32.6. The van der Waals surface area contributed by atoms with E-state index in [2.05, 4.69) is 10.1 Å². The first kappa shape index (κ1) is 13.4. The van der Waals surface area contributed by atoms with Crippen molar-refractivity contribution in [2.45, 2.75) is 25.8 Å². The Hall–Kier alpha value is -1.63. The quantitative estimate of drug-likeness (QED) is 0.310. The molecule has 3 N–H and O–H groups in total. The topological polar surface area (TPSA) is 105 Å². The summed E-state index contributed by atoms with van der Waals surface area (Å²) in [7, 11) is 1.21. The minimum Gasteiger partial charge on any atom is -0.467 e. The third-order valence-electron chi connectivity index (χ3n) is 1.64. The van der Waals surface area contributed by atoms with Gasteiger partial charge in [0.2, 0.25) is 11.8 Å². The third-order valence-corrected chi connectivity index (χ3v) is 1.64. The van der Waals surface area contributed by atoms with Gasteiger partial charge in [-0.1, -0.05) is 0 Å². The fourth-order valence-corrected chi connectivity index (χ4v) is 0.832. The smallest absolute Gasteiger partial charge is 0.328 e. The Morgan fingerprint density at radius 1 is 1.27 bits per heavy atom. The Morgan fingerprint density at radius 3 is 2.27 bits per heavy atom. The maximum Gasteiger partial charge on any atom is 0.328 e. The number of amides is 2. The van der Waals surface area contributed by atoms with Crippen LogP contribution in [0, 0.1) is 0 Å². The van der Waals surface area contributed by atoms with Gasteiger partial charge in [-0.2, -0.15) is 0 Å². The number of esters is 1. The molecule has 0 aromatic heterocycles. The highest BCUT2D eigenvalue weighted by Gasteiger charge is 2.15. The zero-order valence-electron chi connectivity index (χ0n) is 8.57. The van der Waals surface area contributed by atoms with Crippen LogP contribution in [-0.4, -0.2) is 36.1 Å². The molecule has 0 fully saturated rings. The Balaban J connectivity index is 3.83. The molecule has 0 radical (unpaired) electrons. The van der Waals surface area contributed by atoms with Crippen molar-refractivity contribution in [3.8, 4) is 0 Å². The summed E-state index contributed by atoms with van der Waals surface area (Å²) in [6.07, 6.45) is -0.246. The molecule has 0 spiro atoms. The summed E-state index contributed by atoms with van der Waals surface area (Å²) in [5.74, 6) is -1.68. The van der Waals surface area contributed by atoms with Crippen LogP contribution in [0.15, 0.2) is 0 Å². The molecule has 0 aromatic carbocycles. The van der Waals surface area contributed by atoms with E-state index >= 15 is 0 Å². The second-order valence-corrected chi connectivity index (χ2v) is 2.85. The summed E-state index contributed by atoms with van der Waals surface area (Å²) in [5, 5.41) is 10.5. The molecule has 2 amide bonds. The lowest BCUT2D eigenvalue weighted by Gasteiger charge is -2.10. The number of methoxy groups -OCH3 is 1. The molecule has 0 heterocycles. The van der Waals surface area contributed by atoms with E-state index in [1.54, 1.807) is 0 Å². The van der Waals surface area contributed by atoms with Crippen molar-refractivity contribution in [2.24, 2.45) is 0 Å². The van der Waals surface area contributed by atoms with Gasteiger partial charge in [0.05, 0.1) is 7.11 Å². The van der Waals surface area contributed by atoms with Gasteiger partial charge in [-0.15, -0.1) is 0 Å². The van der Waals surface area contributed by atoms with Crippen molar-refractivity contribution >= 4 is 17.8 Å². The maximum atomic E-state index is 11.1. The van der Waals surface area contributed by atoms with Crippen LogP contribution in [0.2, 0.25) is 0 Å². The molecule has 15 heavy (non-hydrogen) atoms. The lowest BCUT2D eigenvalue weighted by molar-refractivity contribution is -0.144. The molecule has 0 bridgehead atoms. The van der Waals surface area contributed by atoms with Crippen LogP contribution in [0.5, 0.6) is 0 Å². The second kappa shape index (κ2) is 6.77. The predicted molar refractivity (Wildman–Crippen MR) is 48.8 cm³/mol. The van der Waals surface area contributed by atoms with E-state index in [1.165, 1.54) is 19.5 Å². The number of ether oxygens (including phenoxy) is 1. The molecule has 0 aliphatic carbocycles. The maximum absolute atomic E-state index is 11.1. The predicted octanol–water partition coefficient (Wildman–Crippen LogP) is -1.05. The summed E-state index contributed by atoms with van der Waals surface area (Å²) >= 11 is 0. The van der Waals surface area contributed by atoms with Crippen molar-refractivity contribution in [3.63, 3.8) is 0 Å². The lowest BCUT2D eigenvalue weighted by atomic mass is 10.2. The molecule has 0 aromatic rings. The first-order chi connectivity index (χ1) is 7.01. The molecular formula is C8H14N2O5. The van der Waals surface area contributed by atoms with Crippen molar-refractivity contribution in [2.75, 3.05) is 7.11 Å². The van der Waals surface area contributed by atoms with E-state index in [0.717, 1.165) is 0 Å². The number of rotatable bonds is 5. The van der Waals surface area contributed by atoms with Gasteiger partial charge in [0.1, 0.15) is 6.04 Å². The van der Waals surface area contributed by atoms with Crippen LogP contribution in [0.25, 0.3) is 0 Å². The van der Waals surface area contributed by atoms with E-state index in [-0.39, 0.29) is 12.8 Å². The van der Waals surface area contributed by atoms with Crippen LogP contribution in [-0.2, 0) is 19.1 Å². The molecular weight excluding hydrogens is 204 g/mol. The van der Waals surface area contributed by atoms with Gasteiger partial charge in [-0.05, 0) is 6.92 Å². The average Bonchev–Trinajstić information content (AvgIpc) is 2.24. The SMILES string of the molecule is COC(=O)[C@H](C)NC(=O)CCC(=O)NO. The van der Waals surface area contributed by atoms with Gasteiger partial charge < -0.3 is 10.1 Å². The van der Waals surface area contributed by atoms with Gasteiger partial charge >= 0.3 is 5.97 Å². The first-order valence-corrected chi connectivity index (χ1v) is 4.31. The summed E-state index contributed by atoms with van der Waals surface area (Å²) < 4.78 is 4.39. The van der Waals surface area contributed by atoms with Crippen LogP contribution in [0.3, 0.4) is 0 Å². The van der Waals surface area contributed by atoms with Crippen molar-refractivity contribution in [1.29, 1.82) is 0 Å². The van der Waals surface area contributed by atoms with E-state index in [4.69, 9.17) is 5.21 Å². The number of carbonyl (C=O) groups excluding carboxylic acids is 3. The molecule has 0 saturated carbocycles. The minimum atomic E-state index is -0.750. The first-order valence-electron chi connectivity index (χ1n) is 4.31. The number of hydroxylamine groups is 1. The highest BCUT2D eigenvalue weighted by atomic mass is 16.5. The highest BCUT2D eigenvalue weighted by molar-refractivity contribution is 5.86. The lowest BCUT2D eigenvalue weighted by Crippen LogP contribution is -2.39. The molecule has 0 unspecified atom stereocenters. The van der Waals surface area contributed by atoms with Gasteiger partial charge in [-0.3, -0.25) is 14.8 Å². The number of hydrogen-bond donors (Lipinski definition) is 3. The summed E-state index contributed by atoms with van der Waals surface area (Å²) in [6.45, 7) is 1.47. The fourth-order valence-electron chi connectivity index (χ4n) is 0.832. The van der Waals surface area contributed by atoms with Crippen LogP contribution >= 0.6 is 0 Å². The Morgan fingerprint density at radius 2 is 1.80 bits per heavy atom. The normalized spacial score (nSPS) is 11.4. The highest BCUT2D eigenvalue weighted by Crippen LogP contribution is 1.92. The largest absolute Gasteiger partial charge is 0.467 e. The molecule has 0 aliphatic heterocycles. The van der Waals surface area contributed by atoms with Crippen LogP contribution < -0.4 is 10.8 Å². The van der Waals surface area contributed by atoms with Gasteiger partial charge in [0, 0.05) is 12.8 Å². The van der Waals surface area contributed by atoms with Crippen molar-refractivity contribution in [3.05, 3.63) is 0 Å². The van der Waals surface area contributed by atoms with Gasteiger partial charge in [-0.25, -0.2) is 10.3 Å². The van der Waals surface area contributed by atoms with Gasteiger partial charge in [0.25, 0.3) is 0 Å². The standard InChI is InChI=1S/C8H14N2O5/c1-5(8(13)15-2)9-6(11)3-4-7(12)10-14/h5,14H,3-4H2,1-2H3,(H,9,11)(H,10,12)/t5-/m0/s1. The summed E-state index contributed by atoms with van der Waals surface area (Å²) in [6, 6.07) is -0.750. The number of nitrogens with one attached hydrogen (secondary N) is 2. The molecule has 7 nitrogen and oxygen atoms in total. The molecule has 7 heteroatoms. The second-order valence-electron chi connectivity index (χ2n) is 2.85. The summed E-state index contributed by atoms with van der Waals surface area (Å²) in [5.41, 5.74) is 1.40. The van der Waals surface area contributed by atoms with E-state index in [9.17, 15) is 14.4 Å². The molecule has 86 valence electrons. The minimum absolute atomic E-state index is 0.103. The van der Waals surface area contributed by atoms with E-state index in [1.807, 2.05) is 0 Å². The van der Waals surface area contributed by atoms with Crippen molar-refractivity contribution < 1.29 is 24.3 Å². The molecule has 1 atom stereocenters. The third kappa shape index (κ3) is 5.63. The zero-order valence-corrected chi connectivity index (χ0v) is 8.57.